The van der Waals surface area contributed by atoms with Gasteiger partial charge in [-0.3, -0.25) is 14.4 Å². The summed E-state index contributed by atoms with van der Waals surface area (Å²) in [4.78, 5) is 38.1. The topological polar surface area (TPSA) is 78.9 Å². The van der Waals surface area contributed by atoms with Crippen LogP contribution in [0, 0.1) is 0 Å². The van der Waals surface area contributed by atoms with Crippen LogP contribution in [0.25, 0.3) is 0 Å². The van der Waals surface area contributed by atoms with Gasteiger partial charge in [-0.25, -0.2) is 0 Å². The molecule has 0 saturated carbocycles. The van der Waals surface area contributed by atoms with Gasteiger partial charge in [0.15, 0.2) is 6.10 Å². The van der Waals surface area contributed by atoms with Crippen molar-refractivity contribution >= 4 is 17.9 Å². The van der Waals surface area contributed by atoms with Crippen LogP contribution in [-0.4, -0.2) is 37.2 Å². The van der Waals surface area contributed by atoms with Crippen molar-refractivity contribution in [2.24, 2.45) is 0 Å². The molecule has 0 aromatic rings. The molecule has 0 heterocycles. The van der Waals surface area contributed by atoms with Gasteiger partial charge in [0.1, 0.15) is 13.2 Å². The van der Waals surface area contributed by atoms with E-state index in [0.29, 0.717) is 19.3 Å². The first-order valence-corrected chi connectivity index (χ1v) is 28.3. The zero-order valence-corrected chi connectivity index (χ0v) is 46.1. The Morgan fingerprint density at radius 1 is 0.288 bits per heavy atom. The van der Waals surface area contributed by atoms with Crippen molar-refractivity contribution in [3.8, 4) is 0 Å². The number of carbonyl (C=O) groups excluding carboxylic acids is 3. The lowest BCUT2D eigenvalue weighted by Gasteiger charge is -2.18. The molecule has 0 N–H and O–H groups in total. The highest BCUT2D eigenvalue weighted by Gasteiger charge is 2.19. The predicted octanol–water partition coefficient (Wildman–Crippen LogP) is 19.3. The Morgan fingerprint density at radius 2 is 0.562 bits per heavy atom. The summed E-state index contributed by atoms with van der Waals surface area (Å²) in [7, 11) is 0. The Bertz CT molecular complexity index is 1770. The smallest absolute Gasteiger partial charge is 0.306 e. The van der Waals surface area contributed by atoms with Crippen molar-refractivity contribution in [2.75, 3.05) is 13.2 Å². The molecule has 0 spiro atoms. The van der Waals surface area contributed by atoms with E-state index in [9.17, 15) is 14.4 Å². The second-order valence-electron chi connectivity index (χ2n) is 17.7. The number of esters is 3. The van der Waals surface area contributed by atoms with Gasteiger partial charge in [-0.05, 0) is 128 Å². The van der Waals surface area contributed by atoms with E-state index in [0.717, 1.165) is 96.3 Å². The summed E-state index contributed by atoms with van der Waals surface area (Å²) in [6.07, 6.45) is 89.1. The van der Waals surface area contributed by atoms with Gasteiger partial charge < -0.3 is 14.2 Å². The molecule has 0 aliphatic heterocycles. The fourth-order valence-corrected chi connectivity index (χ4v) is 6.74. The molecule has 0 aromatic heterocycles. The first-order valence-electron chi connectivity index (χ1n) is 28.3. The van der Waals surface area contributed by atoms with Crippen LogP contribution in [0.4, 0.5) is 0 Å². The van der Waals surface area contributed by atoms with Gasteiger partial charge in [-0.1, -0.05) is 235 Å². The first-order chi connectivity index (χ1) is 36.0. The molecule has 0 bridgehead atoms. The van der Waals surface area contributed by atoms with Crippen LogP contribution >= 0.6 is 0 Å². The van der Waals surface area contributed by atoms with E-state index in [1.165, 1.54) is 44.9 Å². The molecule has 1 atom stereocenters. The number of ether oxygens (including phenoxy) is 3. The molecular formula is C67H100O6. The lowest BCUT2D eigenvalue weighted by molar-refractivity contribution is -0.166. The van der Waals surface area contributed by atoms with Crippen molar-refractivity contribution < 1.29 is 28.6 Å². The molecule has 6 heteroatoms. The Kier molecular flexibility index (Phi) is 54.6. The van der Waals surface area contributed by atoms with Crippen molar-refractivity contribution in [3.05, 3.63) is 182 Å². The standard InChI is InChI=1S/C67H100O6/c1-4-7-10-13-16-19-22-25-28-31-33-36-39-42-45-48-51-54-57-60-66(69)72-63-64(62-71-65(68)59-56-53-50-47-44-41-38-35-30-27-24-21-18-15-12-9-6-3)73-67(70)61-58-55-52-49-46-43-40-37-34-32-29-26-23-20-17-14-11-8-5-2/h7-8,10-11,16-17,19-20,25-30,33-34,36-38,41-43,45-47,50-52,54-55,64H,4-6,9,12-15,18,21-24,31-32,35,39-40,44,48-49,53,56-63H2,1-3H3/b10-7-,11-8-,19-16-,20-17-,28-25-,29-26-,30-27-,36-33-,37-34-,41-38-,45-42-,46-43-,50-47-,54-51-,55-52-/t64-/m0/s1. The fraction of sp³-hybridized carbons (Fsp3) is 0.507. The Hall–Kier alpha value is -5.49. The van der Waals surface area contributed by atoms with Gasteiger partial charge in [-0.2, -0.15) is 0 Å². The van der Waals surface area contributed by atoms with Crippen molar-refractivity contribution in [3.63, 3.8) is 0 Å². The highest BCUT2D eigenvalue weighted by Crippen LogP contribution is 2.09. The van der Waals surface area contributed by atoms with Gasteiger partial charge in [-0.15, -0.1) is 0 Å². The third-order valence-corrected chi connectivity index (χ3v) is 10.9. The monoisotopic (exact) mass is 1000 g/mol. The van der Waals surface area contributed by atoms with Crippen molar-refractivity contribution in [2.45, 2.75) is 207 Å². The minimum absolute atomic E-state index is 0.167. The number of hydrogen-bond donors (Lipinski definition) is 0. The minimum atomic E-state index is -0.881. The quantitative estimate of drug-likeness (QED) is 0.0262. The zero-order valence-electron chi connectivity index (χ0n) is 46.1. The molecule has 0 saturated heterocycles. The average Bonchev–Trinajstić information content (AvgIpc) is 3.39. The highest BCUT2D eigenvalue weighted by atomic mass is 16.6. The molecule has 0 radical (unpaired) electrons. The van der Waals surface area contributed by atoms with Crippen molar-refractivity contribution in [1.82, 2.24) is 0 Å². The molecule has 0 rings (SSSR count). The summed E-state index contributed by atoms with van der Waals surface area (Å²) in [6.45, 7) is 6.20. The predicted molar refractivity (Wildman–Crippen MR) is 315 cm³/mol. The molecular weight excluding hydrogens is 901 g/mol. The van der Waals surface area contributed by atoms with Gasteiger partial charge >= 0.3 is 17.9 Å². The molecule has 0 fully saturated rings. The molecule has 0 aliphatic rings. The third-order valence-electron chi connectivity index (χ3n) is 10.9. The van der Waals surface area contributed by atoms with Crippen LogP contribution in [0.1, 0.15) is 201 Å². The van der Waals surface area contributed by atoms with Gasteiger partial charge in [0.05, 0.1) is 0 Å². The van der Waals surface area contributed by atoms with Crippen LogP contribution in [0.2, 0.25) is 0 Å². The van der Waals surface area contributed by atoms with E-state index < -0.39 is 18.0 Å². The van der Waals surface area contributed by atoms with E-state index in [-0.39, 0.29) is 38.4 Å². The summed E-state index contributed by atoms with van der Waals surface area (Å²) < 4.78 is 16.7. The number of rotatable bonds is 48. The Labute approximate surface area is 446 Å². The zero-order chi connectivity index (χ0) is 52.9. The minimum Gasteiger partial charge on any atom is -0.462 e. The summed E-state index contributed by atoms with van der Waals surface area (Å²) in [5.74, 6) is -1.20. The normalized spacial score (nSPS) is 13.5. The van der Waals surface area contributed by atoms with E-state index in [2.05, 4.69) is 179 Å². The van der Waals surface area contributed by atoms with Gasteiger partial charge in [0.25, 0.3) is 0 Å². The SMILES string of the molecule is CC/C=C\C/C=C\C/C=C\C/C=C\C/C=C\C/C=C\CCC(=O)OC[C@H](COC(=O)CCC/C=C\C/C=C\C/C=C\CCCCCCCC)OC(=O)CC/C=C\C/C=C\C/C=C\C/C=C\C/C=C\C/C=C\CC. The lowest BCUT2D eigenvalue weighted by Crippen LogP contribution is -2.30. The summed E-state index contributed by atoms with van der Waals surface area (Å²) >= 11 is 0. The molecule has 6 nitrogen and oxygen atoms in total. The van der Waals surface area contributed by atoms with E-state index in [1.807, 2.05) is 24.3 Å². The maximum atomic E-state index is 12.8. The van der Waals surface area contributed by atoms with Gasteiger partial charge in [0.2, 0.25) is 0 Å². The molecule has 73 heavy (non-hydrogen) atoms. The summed E-state index contributed by atoms with van der Waals surface area (Å²) in [6, 6.07) is 0. The number of allylic oxidation sites excluding steroid dienone is 30. The lowest BCUT2D eigenvalue weighted by atomic mass is 10.1. The third kappa shape index (κ3) is 57.3. The van der Waals surface area contributed by atoms with Crippen LogP contribution in [0.15, 0.2) is 182 Å². The maximum absolute atomic E-state index is 12.8. The van der Waals surface area contributed by atoms with Gasteiger partial charge in [0, 0.05) is 19.3 Å². The van der Waals surface area contributed by atoms with Crippen LogP contribution < -0.4 is 0 Å². The Balaban J connectivity index is 4.73. The fourth-order valence-electron chi connectivity index (χ4n) is 6.74. The van der Waals surface area contributed by atoms with Crippen molar-refractivity contribution in [1.29, 1.82) is 0 Å². The largest absolute Gasteiger partial charge is 0.462 e. The van der Waals surface area contributed by atoms with Crippen LogP contribution in [-0.2, 0) is 28.6 Å². The molecule has 0 unspecified atom stereocenters. The van der Waals surface area contributed by atoms with Crippen LogP contribution in [0.3, 0.4) is 0 Å². The van der Waals surface area contributed by atoms with E-state index in [4.69, 9.17) is 14.2 Å². The second-order valence-corrected chi connectivity index (χ2v) is 17.7. The maximum Gasteiger partial charge on any atom is 0.306 e. The van der Waals surface area contributed by atoms with E-state index in [1.54, 1.807) is 0 Å². The number of unbranched alkanes of at least 4 members (excludes halogenated alkanes) is 7. The van der Waals surface area contributed by atoms with Crippen LogP contribution in [0.5, 0.6) is 0 Å². The summed E-state index contributed by atoms with van der Waals surface area (Å²) in [5.41, 5.74) is 0. The molecule has 0 amide bonds. The Morgan fingerprint density at radius 3 is 0.918 bits per heavy atom. The summed E-state index contributed by atoms with van der Waals surface area (Å²) in [5, 5.41) is 0. The van der Waals surface area contributed by atoms with E-state index >= 15 is 0 Å². The first kappa shape index (κ1) is 67.5. The molecule has 404 valence electrons. The molecule has 0 aliphatic carbocycles. The second kappa shape index (κ2) is 59.1. The molecule has 0 aromatic carbocycles. The average molecular weight is 1000 g/mol. The number of carbonyl (C=O) groups is 3. The highest BCUT2D eigenvalue weighted by molar-refractivity contribution is 5.71. The number of hydrogen-bond acceptors (Lipinski definition) is 6.